The van der Waals surface area contributed by atoms with Crippen molar-refractivity contribution < 1.29 is 9.15 Å². The Hall–Kier alpha value is -3.08. The van der Waals surface area contributed by atoms with Gasteiger partial charge in [0.15, 0.2) is 5.65 Å². The highest BCUT2D eigenvalue weighted by Crippen LogP contribution is 2.20. The number of nitrogens with zero attached hydrogens (tertiary/aromatic N) is 3. The summed E-state index contributed by atoms with van der Waals surface area (Å²) in [6.45, 7) is 0.611. The molecule has 4 rings (SSSR count). The molecule has 0 radical (unpaired) electrons. The van der Waals surface area contributed by atoms with E-state index < -0.39 is 0 Å². The van der Waals surface area contributed by atoms with Gasteiger partial charge in [-0.2, -0.15) is 0 Å². The van der Waals surface area contributed by atoms with Crippen LogP contribution in [0.15, 0.2) is 65.4 Å². The molecule has 5 nitrogen and oxygen atoms in total. The lowest BCUT2D eigenvalue weighted by molar-refractivity contribution is 0.414. The molecule has 0 aliphatic rings. The van der Waals surface area contributed by atoms with E-state index in [0.29, 0.717) is 13.0 Å². The van der Waals surface area contributed by atoms with Gasteiger partial charge in [0.25, 0.3) is 0 Å². The second-order valence-electron chi connectivity index (χ2n) is 5.57. The van der Waals surface area contributed by atoms with Gasteiger partial charge in [0.1, 0.15) is 22.9 Å². The molecule has 0 amide bonds. The van der Waals surface area contributed by atoms with Crippen LogP contribution in [0.25, 0.3) is 11.2 Å². The molecule has 0 saturated carbocycles. The third-order valence-corrected chi connectivity index (χ3v) is 3.97. The number of pyridine rings is 1. The minimum Gasteiger partial charge on any atom is -0.497 e. The van der Waals surface area contributed by atoms with Crippen LogP contribution in [0.2, 0.25) is 0 Å². The van der Waals surface area contributed by atoms with E-state index in [1.165, 1.54) is 0 Å². The summed E-state index contributed by atoms with van der Waals surface area (Å²) < 4.78 is 12.9. The third kappa shape index (κ3) is 2.76. The highest BCUT2D eigenvalue weighted by molar-refractivity contribution is 5.71. The molecule has 3 aromatic heterocycles. The van der Waals surface area contributed by atoms with Crippen molar-refractivity contribution in [3.63, 3.8) is 0 Å². The molecule has 0 unspecified atom stereocenters. The average Bonchev–Trinajstić information content (AvgIpc) is 3.24. The van der Waals surface area contributed by atoms with Crippen molar-refractivity contribution in [3.05, 3.63) is 78.1 Å². The number of aromatic nitrogens is 3. The van der Waals surface area contributed by atoms with E-state index in [9.17, 15) is 0 Å². The Balaban J connectivity index is 1.76. The second kappa shape index (κ2) is 6.20. The van der Waals surface area contributed by atoms with Crippen LogP contribution in [-0.4, -0.2) is 21.6 Å². The molecule has 0 atom stereocenters. The zero-order chi connectivity index (χ0) is 16.4. The summed E-state index contributed by atoms with van der Waals surface area (Å²) in [5.41, 5.74) is 2.90. The Bertz CT molecular complexity index is 958. The number of fused-ring (bicyclic) bond motifs is 1. The van der Waals surface area contributed by atoms with E-state index in [4.69, 9.17) is 14.1 Å². The summed E-state index contributed by atoms with van der Waals surface area (Å²) in [5.74, 6) is 2.68. The van der Waals surface area contributed by atoms with Gasteiger partial charge in [-0.15, -0.1) is 0 Å². The molecule has 0 aliphatic heterocycles. The van der Waals surface area contributed by atoms with Crippen LogP contribution in [0, 0.1) is 0 Å². The second-order valence-corrected chi connectivity index (χ2v) is 5.57. The van der Waals surface area contributed by atoms with Gasteiger partial charge < -0.3 is 13.7 Å². The standard InChI is InChI=1S/C19H17N3O2/c1-23-15-6-2-5-14(11-15)12-18-21-17-8-3-9-20-19(17)22(18)13-16-7-4-10-24-16/h2-11H,12-13H2,1H3. The lowest BCUT2D eigenvalue weighted by Crippen LogP contribution is -2.06. The first-order valence-electron chi connectivity index (χ1n) is 7.79. The Morgan fingerprint density at radius 1 is 1.12 bits per heavy atom. The van der Waals surface area contributed by atoms with Crippen LogP contribution in [0.5, 0.6) is 5.75 Å². The van der Waals surface area contributed by atoms with Crippen molar-refractivity contribution in [2.45, 2.75) is 13.0 Å². The molecule has 3 heterocycles. The van der Waals surface area contributed by atoms with Crippen molar-refractivity contribution in [2.75, 3.05) is 7.11 Å². The number of rotatable bonds is 5. The van der Waals surface area contributed by atoms with Gasteiger partial charge in [0, 0.05) is 12.6 Å². The predicted molar refractivity (Wildman–Crippen MR) is 91.1 cm³/mol. The Labute approximate surface area is 139 Å². The van der Waals surface area contributed by atoms with Gasteiger partial charge in [0.05, 0.1) is 19.9 Å². The number of furan rings is 1. The van der Waals surface area contributed by atoms with E-state index in [1.54, 1.807) is 19.6 Å². The van der Waals surface area contributed by atoms with Crippen LogP contribution in [0.4, 0.5) is 0 Å². The van der Waals surface area contributed by atoms with Crippen molar-refractivity contribution >= 4 is 11.2 Å². The molecule has 0 aliphatic carbocycles. The molecule has 0 saturated heterocycles. The molecule has 0 fully saturated rings. The van der Waals surface area contributed by atoms with Crippen molar-refractivity contribution in [2.24, 2.45) is 0 Å². The maximum absolute atomic E-state index is 5.50. The molecule has 120 valence electrons. The molecule has 0 spiro atoms. The molecular formula is C19H17N3O2. The average molecular weight is 319 g/mol. The fraction of sp³-hybridized carbons (Fsp3) is 0.158. The summed E-state index contributed by atoms with van der Waals surface area (Å²) in [6.07, 6.45) is 4.18. The van der Waals surface area contributed by atoms with Crippen LogP contribution in [-0.2, 0) is 13.0 Å². The minimum atomic E-state index is 0.611. The van der Waals surface area contributed by atoms with Gasteiger partial charge in [-0.3, -0.25) is 0 Å². The van der Waals surface area contributed by atoms with Crippen molar-refractivity contribution in [3.8, 4) is 5.75 Å². The van der Waals surface area contributed by atoms with E-state index in [-0.39, 0.29) is 0 Å². The van der Waals surface area contributed by atoms with E-state index >= 15 is 0 Å². The number of methoxy groups -OCH3 is 1. The molecule has 0 bridgehead atoms. The maximum atomic E-state index is 5.50. The molecule has 1 aromatic carbocycles. The highest BCUT2D eigenvalue weighted by Gasteiger charge is 2.13. The lowest BCUT2D eigenvalue weighted by atomic mass is 10.1. The molecule has 0 N–H and O–H groups in total. The summed E-state index contributed by atoms with van der Waals surface area (Å²) in [7, 11) is 1.68. The number of hydrogen-bond donors (Lipinski definition) is 0. The fourth-order valence-corrected chi connectivity index (χ4v) is 2.83. The van der Waals surface area contributed by atoms with E-state index in [0.717, 1.165) is 34.1 Å². The fourth-order valence-electron chi connectivity index (χ4n) is 2.83. The zero-order valence-electron chi connectivity index (χ0n) is 13.3. The first-order chi connectivity index (χ1) is 11.8. The van der Waals surface area contributed by atoms with Crippen molar-refractivity contribution in [1.82, 2.24) is 14.5 Å². The molecular weight excluding hydrogens is 302 g/mol. The quantitative estimate of drug-likeness (QED) is 0.563. The van der Waals surface area contributed by atoms with Gasteiger partial charge >= 0.3 is 0 Å². The smallest absolute Gasteiger partial charge is 0.160 e. The Kier molecular flexibility index (Phi) is 3.75. The zero-order valence-corrected chi connectivity index (χ0v) is 13.3. The summed E-state index contributed by atoms with van der Waals surface area (Å²) >= 11 is 0. The third-order valence-electron chi connectivity index (χ3n) is 3.97. The van der Waals surface area contributed by atoms with E-state index in [1.807, 2.05) is 42.5 Å². The molecule has 5 heteroatoms. The molecule has 24 heavy (non-hydrogen) atoms. The lowest BCUT2D eigenvalue weighted by Gasteiger charge is -2.08. The topological polar surface area (TPSA) is 53.1 Å². The van der Waals surface area contributed by atoms with Crippen LogP contribution >= 0.6 is 0 Å². The molecule has 4 aromatic rings. The van der Waals surface area contributed by atoms with E-state index in [2.05, 4.69) is 15.6 Å². The predicted octanol–water partition coefficient (Wildman–Crippen LogP) is 3.67. The minimum absolute atomic E-state index is 0.611. The number of ether oxygens (including phenoxy) is 1. The Morgan fingerprint density at radius 2 is 2.08 bits per heavy atom. The summed E-state index contributed by atoms with van der Waals surface area (Å²) in [6, 6.07) is 15.8. The SMILES string of the molecule is COc1cccc(Cc2nc3cccnc3n2Cc2ccco2)c1. The van der Waals surface area contributed by atoms with Crippen LogP contribution in [0.3, 0.4) is 0 Å². The normalized spacial score (nSPS) is 11.0. The first-order valence-corrected chi connectivity index (χ1v) is 7.79. The van der Waals surface area contributed by atoms with Gasteiger partial charge in [0.2, 0.25) is 0 Å². The Morgan fingerprint density at radius 3 is 2.92 bits per heavy atom. The van der Waals surface area contributed by atoms with Gasteiger partial charge in [-0.1, -0.05) is 12.1 Å². The largest absolute Gasteiger partial charge is 0.497 e. The van der Waals surface area contributed by atoms with Crippen LogP contribution < -0.4 is 4.74 Å². The highest BCUT2D eigenvalue weighted by atomic mass is 16.5. The maximum Gasteiger partial charge on any atom is 0.160 e. The summed E-state index contributed by atoms with van der Waals surface area (Å²) in [5, 5.41) is 0. The number of hydrogen-bond acceptors (Lipinski definition) is 4. The number of benzene rings is 1. The number of imidazole rings is 1. The summed E-state index contributed by atoms with van der Waals surface area (Å²) in [4.78, 5) is 9.25. The van der Waals surface area contributed by atoms with Crippen LogP contribution in [0.1, 0.15) is 17.1 Å². The monoisotopic (exact) mass is 319 g/mol. The van der Waals surface area contributed by atoms with Gasteiger partial charge in [-0.05, 0) is 42.0 Å². The first kappa shape index (κ1) is 14.5. The van der Waals surface area contributed by atoms with Crippen molar-refractivity contribution in [1.29, 1.82) is 0 Å². The van der Waals surface area contributed by atoms with Gasteiger partial charge in [-0.25, -0.2) is 9.97 Å².